The molecule has 240 valence electrons. The van der Waals surface area contributed by atoms with Crippen LogP contribution in [-0.2, 0) is 6.18 Å². The fraction of sp³-hybridized carbons (Fsp3) is 0.567. The van der Waals surface area contributed by atoms with Gasteiger partial charge in [0.25, 0.3) is 0 Å². The number of fused-ring (bicyclic) bond motifs is 6. The number of halogens is 6. The molecule has 3 N–H and O–H groups in total. The highest BCUT2D eigenvalue weighted by Gasteiger charge is 2.50. The second kappa shape index (κ2) is 9.95. The molecular formula is C30H31F6N7O2. The molecule has 8 rings (SSSR count). The van der Waals surface area contributed by atoms with Gasteiger partial charge in [0.15, 0.2) is 5.82 Å². The van der Waals surface area contributed by atoms with Crippen molar-refractivity contribution in [3.63, 3.8) is 0 Å². The Morgan fingerprint density at radius 1 is 1.16 bits per heavy atom. The van der Waals surface area contributed by atoms with Crippen LogP contribution in [-0.4, -0.2) is 82.0 Å². The number of rotatable bonds is 4. The zero-order valence-electron chi connectivity index (χ0n) is 24.3. The molecular weight excluding hydrogens is 604 g/mol. The van der Waals surface area contributed by atoms with Gasteiger partial charge >= 0.3 is 12.2 Å². The minimum atomic E-state index is -5.05. The molecule has 4 fully saturated rings. The summed E-state index contributed by atoms with van der Waals surface area (Å²) in [5.74, 6) is -2.32. The number of alkyl halides is 4. The van der Waals surface area contributed by atoms with E-state index in [9.17, 15) is 22.0 Å². The molecule has 0 saturated carbocycles. The lowest BCUT2D eigenvalue weighted by molar-refractivity contribution is -0.137. The third-order valence-electron chi connectivity index (χ3n) is 10.2. The third kappa shape index (κ3) is 4.48. The minimum Gasteiger partial charge on any atom is -0.472 e. The van der Waals surface area contributed by atoms with Gasteiger partial charge in [-0.2, -0.15) is 23.1 Å². The van der Waals surface area contributed by atoms with E-state index in [-0.39, 0.29) is 53.6 Å². The summed E-state index contributed by atoms with van der Waals surface area (Å²) in [7, 11) is 0. The van der Waals surface area contributed by atoms with Crippen LogP contribution >= 0.6 is 0 Å². The molecule has 2 bridgehead atoms. The van der Waals surface area contributed by atoms with E-state index in [1.54, 1.807) is 0 Å². The Morgan fingerprint density at radius 3 is 2.78 bits per heavy atom. The van der Waals surface area contributed by atoms with Crippen molar-refractivity contribution >= 4 is 22.4 Å². The largest absolute Gasteiger partial charge is 0.472 e. The van der Waals surface area contributed by atoms with Crippen molar-refractivity contribution in [2.45, 2.75) is 81.1 Å². The first-order chi connectivity index (χ1) is 21.4. The van der Waals surface area contributed by atoms with Gasteiger partial charge in [0.05, 0.1) is 22.8 Å². The molecule has 0 spiro atoms. The summed E-state index contributed by atoms with van der Waals surface area (Å²) in [6, 6.07) is 0.674. The van der Waals surface area contributed by atoms with E-state index >= 15 is 4.39 Å². The van der Waals surface area contributed by atoms with Crippen molar-refractivity contribution in [1.82, 2.24) is 25.2 Å². The maximum atomic E-state index is 16.6. The average Bonchev–Trinajstić information content (AvgIpc) is 3.62. The van der Waals surface area contributed by atoms with Gasteiger partial charge in [0.2, 0.25) is 5.88 Å². The number of nitrogens with two attached hydrogens (primary N) is 1. The van der Waals surface area contributed by atoms with Crippen molar-refractivity contribution in [3.05, 3.63) is 29.3 Å². The summed E-state index contributed by atoms with van der Waals surface area (Å²) < 4.78 is 100. The van der Waals surface area contributed by atoms with E-state index in [1.807, 2.05) is 11.8 Å². The predicted molar refractivity (Wildman–Crippen MR) is 152 cm³/mol. The first-order valence-electron chi connectivity index (χ1n) is 15.2. The van der Waals surface area contributed by atoms with Crippen LogP contribution in [0.5, 0.6) is 11.9 Å². The first-order valence-corrected chi connectivity index (χ1v) is 15.2. The van der Waals surface area contributed by atoms with Crippen LogP contribution in [0.25, 0.3) is 22.2 Å². The molecule has 5 aliphatic rings. The minimum absolute atomic E-state index is 0.0198. The molecule has 6 atom stereocenters. The molecule has 4 saturated heterocycles. The number of anilines is 2. The Kier molecular flexibility index (Phi) is 6.38. The van der Waals surface area contributed by atoms with E-state index in [2.05, 4.69) is 20.2 Å². The smallest absolute Gasteiger partial charge is 0.417 e. The SMILES string of the molecule is C[C@@H]1Oc2nc(-c3cc(N)c(F)cc3C(F)(F)F)c(F)c3nc(OC[C@@]45CCCN4C[C@H](F)C5)nc(c23)N2C[C@H]3CC[C@H](N3)[C@@H]12. The third-order valence-corrected chi connectivity index (χ3v) is 10.2. The molecule has 1 aromatic carbocycles. The lowest BCUT2D eigenvalue weighted by Crippen LogP contribution is -2.62. The molecule has 0 aliphatic carbocycles. The number of benzene rings is 1. The Balaban J connectivity index is 1.32. The van der Waals surface area contributed by atoms with Crippen molar-refractivity contribution in [2.75, 3.05) is 36.9 Å². The van der Waals surface area contributed by atoms with E-state index in [0.29, 0.717) is 25.3 Å². The number of hydrogen-bond donors (Lipinski definition) is 2. The number of nitrogens with one attached hydrogen (secondary N) is 1. The lowest BCUT2D eigenvalue weighted by atomic mass is 9.95. The van der Waals surface area contributed by atoms with E-state index in [1.165, 1.54) is 0 Å². The summed E-state index contributed by atoms with van der Waals surface area (Å²) in [5, 5.41) is 3.69. The van der Waals surface area contributed by atoms with Crippen LogP contribution in [0.1, 0.15) is 44.6 Å². The quantitative estimate of drug-likeness (QED) is 0.314. The number of ether oxygens (including phenoxy) is 2. The maximum absolute atomic E-state index is 16.6. The van der Waals surface area contributed by atoms with Crippen molar-refractivity contribution in [3.8, 4) is 23.1 Å². The fourth-order valence-corrected chi connectivity index (χ4v) is 8.20. The van der Waals surface area contributed by atoms with Crippen LogP contribution in [0.15, 0.2) is 12.1 Å². The van der Waals surface area contributed by atoms with Crippen LogP contribution in [0.2, 0.25) is 0 Å². The van der Waals surface area contributed by atoms with Crippen molar-refractivity contribution in [1.29, 1.82) is 0 Å². The van der Waals surface area contributed by atoms with Gasteiger partial charge in [-0.15, -0.1) is 0 Å². The van der Waals surface area contributed by atoms with Gasteiger partial charge in [0, 0.05) is 37.2 Å². The predicted octanol–water partition coefficient (Wildman–Crippen LogP) is 4.62. The number of hydrogen-bond acceptors (Lipinski definition) is 9. The monoisotopic (exact) mass is 635 g/mol. The Hall–Kier alpha value is -3.59. The Labute approximate surface area is 254 Å². The van der Waals surface area contributed by atoms with Gasteiger partial charge in [-0.05, 0) is 51.3 Å². The van der Waals surface area contributed by atoms with Crippen molar-refractivity contribution < 1.29 is 35.8 Å². The van der Waals surface area contributed by atoms with Gasteiger partial charge in [-0.1, -0.05) is 0 Å². The molecule has 15 heteroatoms. The normalized spacial score (nSPS) is 30.7. The molecule has 45 heavy (non-hydrogen) atoms. The Bertz CT molecular complexity index is 1710. The zero-order valence-corrected chi connectivity index (χ0v) is 24.3. The molecule has 7 heterocycles. The van der Waals surface area contributed by atoms with Gasteiger partial charge in [-0.25, -0.2) is 18.2 Å². The molecule has 0 radical (unpaired) electrons. The number of pyridine rings is 1. The highest BCUT2D eigenvalue weighted by atomic mass is 19.4. The Morgan fingerprint density at radius 2 is 1.98 bits per heavy atom. The van der Waals surface area contributed by atoms with E-state index in [0.717, 1.165) is 38.3 Å². The summed E-state index contributed by atoms with van der Waals surface area (Å²) in [6.07, 6.45) is -2.87. The average molecular weight is 636 g/mol. The lowest BCUT2D eigenvalue weighted by Gasteiger charge is -2.42. The molecule has 3 aromatic rings. The van der Waals surface area contributed by atoms with Crippen LogP contribution in [0.4, 0.5) is 37.8 Å². The highest BCUT2D eigenvalue weighted by molar-refractivity contribution is 5.97. The van der Waals surface area contributed by atoms with Crippen LogP contribution in [0, 0.1) is 11.6 Å². The first kappa shape index (κ1) is 28.9. The van der Waals surface area contributed by atoms with Gasteiger partial charge < -0.3 is 25.4 Å². The topological polar surface area (TPSA) is 102 Å². The second-order valence-corrected chi connectivity index (χ2v) is 12.9. The highest BCUT2D eigenvalue weighted by Crippen LogP contribution is 2.47. The molecule has 5 aliphatic heterocycles. The number of nitrogens with zero attached hydrogens (tertiary/aromatic N) is 5. The molecule has 0 amide bonds. The van der Waals surface area contributed by atoms with Crippen LogP contribution in [0.3, 0.4) is 0 Å². The maximum Gasteiger partial charge on any atom is 0.417 e. The summed E-state index contributed by atoms with van der Waals surface area (Å²) in [6.45, 7) is 3.47. The molecule has 0 unspecified atom stereocenters. The van der Waals surface area contributed by atoms with Crippen molar-refractivity contribution in [2.24, 2.45) is 0 Å². The standard InChI is InChI=1S/C30H31F6N7O2/c1-13-25-20-4-3-15(38-20)11-43(25)26-21-24(40-28(41-26)44-12-29-5-2-6-42(29)10-14(31)9-29)22(33)23(39-27(21)45-13)16-7-19(37)18(32)8-17(16)30(34,35)36/h7-8,13-15,20,25,38H,2-6,9-12,37H2,1H3/t13-,14+,15+,20-,25+,29-/m0/s1. The van der Waals surface area contributed by atoms with E-state index in [4.69, 9.17) is 20.2 Å². The second-order valence-electron chi connectivity index (χ2n) is 12.9. The fourth-order valence-electron chi connectivity index (χ4n) is 8.20. The molecule has 9 nitrogen and oxygen atoms in total. The summed E-state index contributed by atoms with van der Waals surface area (Å²) in [5.41, 5.74) is 1.24. The summed E-state index contributed by atoms with van der Waals surface area (Å²) >= 11 is 0. The van der Waals surface area contributed by atoms with Gasteiger partial charge in [-0.3, -0.25) is 4.90 Å². The zero-order chi connectivity index (χ0) is 31.4. The molecule has 2 aromatic heterocycles. The number of aromatic nitrogens is 3. The van der Waals surface area contributed by atoms with Crippen LogP contribution < -0.4 is 25.4 Å². The van der Waals surface area contributed by atoms with E-state index < -0.39 is 58.1 Å². The van der Waals surface area contributed by atoms with Gasteiger partial charge in [0.1, 0.15) is 47.1 Å². The summed E-state index contributed by atoms with van der Waals surface area (Å²) in [4.78, 5) is 17.5. The number of piperazine rings is 1. The number of nitrogen functional groups attached to an aromatic ring is 1.